The highest BCUT2D eigenvalue weighted by molar-refractivity contribution is 5.79. The van der Waals surface area contributed by atoms with Crippen LogP contribution in [0, 0.1) is 11.3 Å². The molecule has 0 heterocycles. The number of allylic oxidation sites excluding steroid dienone is 4. The van der Waals surface area contributed by atoms with Gasteiger partial charge in [-0.05, 0) is 32.1 Å². The summed E-state index contributed by atoms with van der Waals surface area (Å²) in [7, 11) is 0. The van der Waals surface area contributed by atoms with E-state index in [-0.39, 0.29) is 5.92 Å². The van der Waals surface area contributed by atoms with Crippen molar-refractivity contribution in [3.8, 4) is 0 Å². The van der Waals surface area contributed by atoms with Gasteiger partial charge in [-0.3, -0.25) is 4.79 Å². The van der Waals surface area contributed by atoms with Crippen LogP contribution in [0.1, 0.15) is 26.2 Å². The van der Waals surface area contributed by atoms with Crippen LogP contribution in [-0.2, 0) is 4.79 Å². The smallest absolute Gasteiger partial charge is 0.310 e. The molecule has 0 aromatic rings. The van der Waals surface area contributed by atoms with Gasteiger partial charge in [0, 0.05) is 0 Å². The summed E-state index contributed by atoms with van der Waals surface area (Å²) >= 11 is 0. The molecule has 2 aliphatic carbocycles. The molecule has 2 heteroatoms. The maximum atomic E-state index is 11.1. The van der Waals surface area contributed by atoms with Crippen molar-refractivity contribution >= 4 is 5.97 Å². The van der Waals surface area contributed by atoms with E-state index >= 15 is 0 Å². The van der Waals surface area contributed by atoms with Crippen molar-refractivity contribution in [1.29, 1.82) is 0 Å². The molecule has 1 fully saturated rings. The number of carboxylic acids is 1. The number of carboxylic acid groups (broad SMARTS) is 1. The fourth-order valence-electron chi connectivity index (χ4n) is 2.24. The van der Waals surface area contributed by atoms with Crippen LogP contribution in [0.15, 0.2) is 23.8 Å². The van der Waals surface area contributed by atoms with E-state index in [1.165, 1.54) is 5.57 Å². The summed E-state index contributed by atoms with van der Waals surface area (Å²) < 4.78 is 0. The Bertz CT molecular complexity index is 295. The predicted molar refractivity (Wildman–Crippen MR) is 50.3 cm³/mol. The topological polar surface area (TPSA) is 37.3 Å². The summed E-state index contributed by atoms with van der Waals surface area (Å²) in [5.74, 6) is -0.365. The Hall–Kier alpha value is -1.05. The lowest BCUT2D eigenvalue weighted by atomic mass is 9.79. The number of hydrogen-bond acceptors (Lipinski definition) is 1. The van der Waals surface area contributed by atoms with Crippen molar-refractivity contribution in [2.24, 2.45) is 11.3 Å². The van der Waals surface area contributed by atoms with Gasteiger partial charge in [-0.15, -0.1) is 0 Å². The molecule has 2 rings (SSSR count). The van der Waals surface area contributed by atoms with E-state index in [0.717, 1.165) is 19.3 Å². The van der Waals surface area contributed by atoms with Crippen molar-refractivity contribution in [3.63, 3.8) is 0 Å². The van der Waals surface area contributed by atoms with Gasteiger partial charge in [0.2, 0.25) is 0 Å². The summed E-state index contributed by atoms with van der Waals surface area (Å²) in [4.78, 5) is 11.1. The van der Waals surface area contributed by atoms with Crippen LogP contribution in [0.3, 0.4) is 0 Å². The molecule has 0 amide bonds. The van der Waals surface area contributed by atoms with Crippen molar-refractivity contribution in [1.82, 2.24) is 0 Å². The molecule has 13 heavy (non-hydrogen) atoms. The molecule has 2 aliphatic rings. The van der Waals surface area contributed by atoms with Gasteiger partial charge in [0.15, 0.2) is 0 Å². The molecule has 1 N–H and O–H groups in total. The maximum Gasteiger partial charge on any atom is 0.310 e. The van der Waals surface area contributed by atoms with Gasteiger partial charge in [0.05, 0.1) is 5.41 Å². The molecule has 0 bridgehead atoms. The minimum Gasteiger partial charge on any atom is -0.481 e. The van der Waals surface area contributed by atoms with Crippen LogP contribution in [0.2, 0.25) is 0 Å². The molecule has 1 atom stereocenters. The lowest BCUT2D eigenvalue weighted by Crippen LogP contribution is -2.26. The third-order valence-corrected chi connectivity index (χ3v) is 3.30. The van der Waals surface area contributed by atoms with Gasteiger partial charge >= 0.3 is 5.97 Å². The van der Waals surface area contributed by atoms with Crippen LogP contribution in [0.5, 0.6) is 0 Å². The minimum absolute atomic E-state index is 0.245. The normalized spacial score (nSPS) is 29.6. The molecule has 0 radical (unpaired) electrons. The first kappa shape index (κ1) is 8.54. The first-order valence-electron chi connectivity index (χ1n) is 4.73. The molecule has 2 nitrogen and oxygen atoms in total. The van der Waals surface area contributed by atoms with Gasteiger partial charge in [0.1, 0.15) is 0 Å². The molecule has 0 aromatic heterocycles. The number of hydrogen-bond donors (Lipinski definition) is 1. The second-order valence-electron chi connectivity index (χ2n) is 4.09. The van der Waals surface area contributed by atoms with Gasteiger partial charge in [-0.2, -0.15) is 0 Å². The third kappa shape index (κ3) is 1.21. The molecule has 0 aromatic carbocycles. The van der Waals surface area contributed by atoms with Crippen molar-refractivity contribution in [2.75, 3.05) is 0 Å². The lowest BCUT2D eigenvalue weighted by Gasteiger charge is -2.25. The van der Waals surface area contributed by atoms with E-state index in [9.17, 15) is 4.79 Å². The summed E-state index contributed by atoms with van der Waals surface area (Å²) in [6.07, 6.45) is 8.73. The Kier molecular flexibility index (Phi) is 1.79. The Morgan fingerprint density at radius 2 is 2.31 bits per heavy atom. The molecule has 0 saturated heterocycles. The monoisotopic (exact) mass is 178 g/mol. The van der Waals surface area contributed by atoms with E-state index in [1.54, 1.807) is 0 Å². The second-order valence-corrected chi connectivity index (χ2v) is 4.09. The Morgan fingerprint density at radius 1 is 1.62 bits per heavy atom. The molecular formula is C11H14O2. The highest BCUT2D eigenvalue weighted by Gasteiger charge is 2.55. The number of aliphatic carboxylic acids is 1. The molecular weight excluding hydrogens is 164 g/mol. The van der Waals surface area contributed by atoms with E-state index in [2.05, 4.69) is 6.08 Å². The average molecular weight is 178 g/mol. The summed E-state index contributed by atoms with van der Waals surface area (Å²) in [5, 5.41) is 9.12. The van der Waals surface area contributed by atoms with Crippen LogP contribution in [0.4, 0.5) is 0 Å². The Balaban J connectivity index is 2.22. The highest BCUT2D eigenvalue weighted by atomic mass is 16.4. The zero-order valence-corrected chi connectivity index (χ0v) is 7.79. The Morgan fingerprint density at radius 3 is 2.77 bits per heavy atom. The van der Waals surface area contributed by atoms with Crippen molar-refractivity contribution < 1.29 is 9.90 Å². The van der Waals surface area contributed by atoms with Gasteiger partial charge in [-0.1, -0.05) is 23.8 Å². The first-order chi connectivity index (χ1) is 6.17. The zero-order valence-electron chi connectivity index (χ0n) is 7.79. The van der Waals surface area contributed by atoms with Gasteiger partial charge in [0.25, 0.3) is 0 Å². The third-order valence-electron chi connectivity index (χ3n) is 3.30. The van der Waals surface area contributed by atoms with Crippen LogP contribution < -0.4 is 0 Å². The van der Waals surface area contributed by atoms with E-state index in [0.29, 0.717) is 0 Å². The molecule has 1 unspecified atom stereocenters. The molecule has 1 saturated carbocycles. The quantitative estimate of drug-likeness (QED) is 0.704. The maximum absolute atomic E-state index is 11.1. The lowest BCUT2D eigenvalue weighted by molar-refractivity contribution is -0.145. The summed E-state index contributed by atoms with van der Waals surface area (Å²) in [6.45, 7) is 2.04. The zero-order chi connectivity index (χ0) is 9.47. The van der Waals surface area contributed by atoms with E-state index < -0.39 is 11.4 Å². The molecule has 70 valence electrons. The molecule has 0 spiro atoms. The van der Waals surface area contributed by atoms with Crippen molar-refractivity contribution in [2.45, 2.75) is 26.2 Å². The number of rotatable bonds is 2. The fourth-order valence-corrected chi connectivity index (χ4v) is 2.24. The van der Waals surface area contributed by atoms with E-state index in [4.69, 9.17) is 5.11 Å². The predicted octanol–water partition coefficient (Wildman–Crippen LogP) is 2.37. The van der Waals surface area contributed by atoms with Crippen LogP contribution in [0.25, 0.3) is 0 Å². The largest absolute Gasteiger partial charge is 0.481 e. The average Bonchev–Trinajstić information content (AvgIpc) is 2.85. The van der Waals surface area contributed by atoms with Gasteiger partial charge in [-0.25, -0.2) is 0 Å². The first-order valence-corrected chi connectivity index (χ1v) is 4.73. The standard InChI is InChI=1S/C11H14O2/c1-8-4-2-3-5-9(8)11(6-7-11)10(12)13/h2-4,9H,5-7H2,1H3,(H,12,13). The fraction of sp³-hybridized carbons (Fsp3) is 0.545. The van der Waals surface area contributed by atoms with Crippen LogP contribution in [-0.4, -0.2) is 11.1 Å². The highest BCUT2D eigenvalue weighted by Crippen LogP contribution is 2.56. The van der Waals surface area contributed by atoms with Crippen LogP contribution >= 0.6 is 0 Å². The Labute approximate surface area is 78.0 Å². The molecule has 0 aliphatic heterocycles. The number of carbonyl (C=O) groups is 1. The second kappa shape index (κ2) is 2.72. The van der Waals surface area contributed by atoms with Gasteiger partial charge < -0.3 is 5.11 Å². The minimum atomic E-state index is -0.611. The summed E-state index contributed by atoms with van der Waals surface area (Å²) in [6, 6.07) is 0. The van der Waals surface area contributed by atoms with E-state index in [1.807, 2.05) is 19.1 Å². The summed E-state index contributed by atoms with van der Waals surface area (Å²) in [5.41, 5.74) is 0.813. The van der Waals surface area contributed by atoms with Crippen molar-refractivity contribution in [3.05, 3.63) is 23.8 Å². The SMILES string of the molecule is CC1=CC=CCC1C1(C(=O)O)CC1.